The molecule has 1 heterocycles. The minimum absolute atomic E-state index is 0.0673. The van der Waals surface area contributed by atoms with Gasteiger partial charge in [-0.1, -0.05) is 26.2 Å². The van der Waals surface area contributed by atoms with Crippen LogP contribution in [0.25, 0.3) is 0 Å². The fourth-order valence-corrected chi connectivity index (χ4v) is 1.92. The minimum atomic E-state index is -0.0673. The summed E-state index contributed by atoms with van der Waals surface area (Å²) in [6.45, 7) is 4.38. The summed E-state index contributed by atoms with van der Waals surface area (Å²) in [4.78, 5) is 17.5. The number of carbonyl (C=O) groups excluding carboxylic acids is 1. The molecule has 1 amide bonds. The Kier molecular flexibility index (Phi) is 6.33. The molecule has 0 bridgehead atoms. The summed E-state index contributed by atoms with van der Waals surface area (Å²) in [5, 5.41) is 3.42. The summed E-state index contributed by atoms with van der Waals surface area (Å²) in [6, 6.07) is 4.14. The Morgan fingerprint density at radius 2 is 2.16 bits per heavy atom. The molecule has 1 aromatic rings. The van der Waals surface area contributed by atoms with E-state index in [9.17, 15) is 4.79 Å². The van der Waals surface area contributed by atoms with E-state index in [2.05, 4.69) is 24.1 Å². The normalized spacial score (nSPS) is 12.0. The lowest BCUT2D eigenvalue weighted by atomic mass is 10.1. The molecule has 0 saturated carbocycles. The van der Waals surface area contributed by atoms with Crippen molar-refractivity contribution >= 4 is 11.6 Å². The number of carbonyl (C=O) groups is 1. The monoisotopic (exact) mass is 263 g/mol. The summed E-state index contributed by atoms with van der Waals surface area (Å²) in [5.74, 6) is -0.0673. The van der Waals surface area contributed by atoms with Crippen LogP contribution in [0.3, 0.4) is 0 Å². The first-order valence-electron chi connectivity index (χ1n) is 6.98. The number of rotatable bonds is 7. The second-order valence-electron chi connectivity index (χ2n) is 5.17. The lowest BCUT2D eigenvalue weighted by molar-refractivity contribution is 0.0822. The van der Waals surface area contributed by atoms with E-state index in [4.69, 9.17) is 0 Å². The third kappa shape index (κ3) is 5.28. The van der Waals surface area contributed by atoms with Gasteiger partial charge in [-0.25, -0.2) is 0 Å². The molecular formula is C15H25N3O. The lowest BCUT2D eigenvalue weighted by Crippen LogP contribution is -2.23. The number of hydrogen-bond acceptors (Lipinski definition) is 3. The van der Waals surface area contributed by atoms with Crippen molar-refractivity contribution in [2.45, 2.75) is 45.6 Å². The van der Waals surface area contributed by atoms with E-state index < -0.39 is 0 Å². The number of amides is 1. The van der Waals surface area contributed by atoms with Crippen molar-refractivity contribution in [2.24, 2.45) is 0 Å². The first-order chi connectivity index (χ1) is 9.04. The molecule has 106 valence electrons. The van der Waals surface area contributed by atoms with Gasteiger partial charge < -0.3 is 10.2 Å². The van der Waals surface area contributed by atoms with Gasteiger partial charge in [0.05, 0.1) is 0 Å². The average molecular weight is 263 g/mol. The van der Waals surface area contributed by atoms with Crippen molar-refractivity contribution in [3.05, 3.63) is 24.0 Å². The van der Waals surface area contributed by atoms with Crippen LogP contribution < -0.4 is 5.32 Å². The lowest BCUT2D eigenvalue weighted by Gasteiger charge is -2.16. The molecule has 0 saturated heterocycles. The van der Waals surface area contributed by atoms with Crippen LogP contribution in [-0.2, 0) is 0 Å². The second kappa shape index (κ2) is 7.77. The third-order valence-corrected chi connectivity index (χ3v) is 3.04. The second-order valence-corrected chi connectivity index (χ2v) is 5.17. The van der Waals surface area contributed by atoms with E-state index in [1.807, 2.05) is 12.1 Å². The van der Waals surface area contributed by atoms with Gasteiger partial charge in [-0.3, -0.25) is 9.78 Å². The van der Waals surface area contributed by atoms with Gasteiger partial charge in [0, 0.05) is 32.0 Å². The van der Waals surface area contributed by atoms with E-state index in [0.717, 1.165) is 12.1 Å². The Morgan fingerprint density at radius 1 is 1.42 bits per heavy atom. The summed E-state index contributed by atoms with van der Waals surface area (Å²) >= 11 is 0. The zero-order valence-corrected chi connectivity index (χ0v) is 12.4. The van der Waals surface area contributed by atoms with Gasteiger partial charge in [-0.05, 0) is 25.5 Å². The maximum absolute atomic E-state index is 11.8. The molecule has 0 aliphatic heterocycles. The van der Waals surface area contributed by atoms with Gasteiger partial charge in [0.2, 0.25) is 0 Å². The maximum atomic E-state index is 11.8. The Labute approximate surface area is 116 Å². The van der Waals surface area contributed by atoms with Gasteiger partial charge >= 0.3 is 0 Å². The Morgan fingerprint density at radius 3 is 2.79 bits per heavy atom. The van der Waals surface area contributed by atoms with Gasteiger partial charge in [0.1, 0.15) is 5.69 Å². The SMILES string of the molecule is CCCCCC(C)Nc1ccnc(C(=O)N(C)C)c1. The standard InChI is InChI=1S/C15H25N3O/c1-5-6-7-8-12(2)17-13-9-10-16-14(11-13)15(19)18(3)4/h9-12H,5-8H2,1-4H3,(H,16,17). The number of nitrogens with one attached hydrogen (secondary N) is 1. The van der Waals surface area contributed by atoms with Crippen LogP contribution in [0.15, 0.2) is 18.3 Å². The Bertz CT molecular complexity index is 404. The van der Waals surface area contributed by atoms with Crippen LogP contribution in [0.2, 0.25) is 0 Å². The summed E-state index contributed by atoms with van der Waals surface area (Å²) < 4.78 is 0. The van der Waals surface area contributed by atoms with Crippen molar-refractivity contribution in [3.8, 4) is 0 Å². The highest BCUT2D eigenvalue weighted by Gasteiger charge is 2.10. The molecule has 19 heavy (non-hydrogen) atoms. The first-order valence-corrected chi connectivity index (χ1v) is 6.98. The largest absolute Gasteiger partial charge is 0.382 e. The van der Waals surface area contributed by atoms with Gasteiger partial charge in [0.15, 0.2) is 0 Å². The molecule has 4 nitrogen and oxygen atoms in total. The Balaban J connectivity index is 2.59. The number of aromatic nitrogens is 1. The zero-order chi connectivity index (χ0) is 14.3. The van der Waals surface area contributed by atoms with E-state index in [-0.39, 0.29) is 5.91 Å². The number of anilines is 1. The van der Waals surface area contributed by atoms with Crippen LogP contribution in [0.4, 0.5) is 5.69 Å². The number of unbranched alkanes of at least 4 members (excludes halogenated alkanes) is 2. The molecule has 0 radical (unpaired) electrons. The molecule has 0 aromatic carbocycles. The van der Waals surface area contributed by atoms with E-state index in [1.54, 1.807) is 20.3 Å². The van der Waals surface area contributed by atoms with Crippen LogP contribution >= 0.6 is 0 Å². The average Bonchev–Trinajstić information content (AvgIpc) is 2.38. The van der Waals surface area contributed by atoms with Crippen molar-refractivity contribution in [2.75, 3.05) is 19.4 Å². The van der Waals surface area contributed by atoms with Crippen LogP contribution in [0.5, 0.6) is 0 Å². The molecule has 1 N–H and O–H groups in total. The van der Waals surface area contributed by atoms with Gasteiger partial charge in [0.25, 0.3) is 5.91 Å². The van der Waals surface area contributed by atoms with Crippen LogP contribution in [-0.4, -0.2) is 35.9 Å². The molecular weight excluding hydrogens is 238 g/mol. The van der Waals surface area contributed by atoms with E-state index in [1.165, 1.54) is 24.2 Å². The highest BCUT2D eigenvalue weighted by Crippen LogP contribution is 2.13. The predicted octanol–water partition coefficient (Wildman–Crippen LogP) is 3.16. The predicted molar refractivity (Wildman–Crippen MR) is 79.5 cm³/mol. The molecule has 1 unspecified atom stereocenters. The molecule has 1 rings (SSSR count). The molecule has 0 aliphatic carbocycles. The van der Waals surface area contributed by atoms with Gasteiger partial charge in [-0.2, -0.15) is 0 Å². The highest BCUT2D eigenvalue weighted by molar-refractivity contribution is 5.92. The molecule has 0 aliphatic rings. The first kappa shape index (κ1) is 15.5. The van der Waals surface area contributed by atoms with Crippen LogP contribution in [0, 0.1) is 0 Å². The fraction of sp³-hybridized carbons (Fsp3) is 0.600. The number of pyridine rings is 1. The molecule has 1 aromatic heterocycles. The summed E-state index contributed by atoms with van der Waals surface area (Å²) in [6.07, 6.45) is 6.57. The summed E-state index contributed by atoms with van der Waals surface area (Å²) in [5.41, 5.74) is 1.44. The molecule has 0 spiro atoms. The van der Waals surface area contributed by atoms with E-state index >= 15 is 0 Å². The van der Waals surface area contributed by atoms with Gasteiger partial charge in [-0.15, -0.1) is 0 Å². The van der Waals surface area contributed by atoms with Crippen molar-refractivity contribution in [1.82, 2.24) is 9.88 Å². The van der Waals surface area contributed by atoms with Crippen molar-refractivity contribution in [3.63, 3.8) is 0 Å². The van der Waals surface area contributed by atoms with Crippen molar-refractivity contribution < 1.29 is 4.79 Å². The molecule has 0 fully saturated rings. The maximum Gasteiger partial charge on any atom is 0.272 e. The fourth-order valence-electron chi connectivity index (χ4n) is 1.92. The molecule has 4 heteroatoms. The Hall–Kier alpha value is -1.58. The topological polar surface area (TPSA) is 45.2 Å². The zero-order valence-electron chi connectivity index (χ0n) is 12.4. The third-order valence-electron chi connectivity index (χ3n) is 3.04. The van der Waals surface area contributed by atoms with Crippen LogP contribution in [0.1, 0.15) is 50.0 Å². The minimum Gasteiger partial charge on any atom is -0.382 e. The van der Waals surface area contributed by atoms with Crippen molar-refractivity contribution in [1.29, 1.82) is 0 Å². The highest BCUT2D eigenvalue weighted by atomic mass is 16.2. The summed E-state index contributed by atoms with van der Waals surface area (Å²) in [7, 11) is 3.47. The quantitative estimate of drug-likeness (QED) is 0.769. The number of hydrogen-bond donors (Lipinski definition) is 1. The molecule has 1 atom stereocenters. The number of nitrogens with zero attached hydrogens (tertiary/aromatic N) is 2. The smallest absolute Gasteiger partial charge is 0.272 e. The van der Waals surface area contributed by atoms with E-state index in [0.29, 0.717) is 11.7 Å².